The van der Waals surface area contributed by atoms with Crippen LogP contribution in [0.1, 0.15) is 25.4 Å². The number of aromatic nitrogens is 4. The van der Waals surface area contributed by atoms with Crippen LogP contribution in [0.4, 0.5) is 5.82 Å². The Morgan fingerprint density at radius 2 is 1.91 bits per heavy atom. The molecule has 2 aromatic rings. The minimum absolute atomic E-state index is 0.202. The second-order valence-corrected chi connectivity index (χ2v) is 8.05. The smallest absolute Gasteiger partial charge is 0.387 e. The molecule has 0 radical (unpaired) electrons. The number of likely N-dealkylation sites (N-methyl/N-ethyl adjacent to an activating group) is 1. The summed E-state index contributed by atoms with van der Waals surface area (Å²) in [6.07, 6.45) is -1.70. The lowest BCUT2D eigenvalue weighted by molar-refractivity contribution is -0.118. The van der Waals surface area contributed by atoms with E-state index < -0.39 is 40.8 Å². The fourth-order valence-corrected chi connectivity index (χ4v) is 3.28. The number of ether oxygens (including phenoxy) is 1. The van der Waals surface area contributed by atoms with E-state index in [-0.39, 0.29) is 12.2 Å². The zero-order chi connectivity index (χ0) is 24.2. The van der Waals surface area contributed by atoms with Gasteiger partial charge >= 0.3 is 10.4 Å². The van der Waals surface area contributed by atoms with Crippen LogP contribution >= 0.6 is 0 Å². The van der Waals surface area contributed by atoms with Gasteiger partial charge in [0.15, 0.2) is 23.2 Å². The molecule has 4 atom stereocenters. The second-order valence-electron chi connectivity index (χ2n) is 7.16. The van der Waals surface area contributed by atoms with Gasteiger partial charge in [0.05, 0.1) is 0 Å². The number of aliphatic hydroxyl groups excluding tert-OH is 2. The first-order valence-electron chi connectivity index (χ1n) is 9.49. The van der Waals surface area contributed by atoms with Gasteiger partial charge in [0, 0.05) is 25.9 Å². The summed E-state index contributed by atoms with van der Waals surface area (Å²) in [4.78, 5) is 25.4. The normalized spacial score (nSPS) is 23.3. The van der Waals surface area contributed by atoms with Gasteiger partial charge in [-0.1, -0.05) is 6.92 Å². The summed E-state index contributed by atoms with van der Waals surface area (Å²) in [5.41, 5.74) is 11.9. The Morgan fingerprint density at radius 1 is 1.28 bits per heavy atom. The molecule has 0 bridgehead atoms. The van der Waals surface area contributed by atoms with E-state index in [4.69, 9.17) is 33.7 Å². The highest BCUT2D eigenvalue weighted by atomic mass is 32.3. The van der Waals surface area contributed by atoms with Gasteiger partial charge in [-0.2, -0.15) is 8.42 Å². The number of hydrogen-bond acceptors (Lipinski definition) is 11. The van der Waals surface area contributed by atoms with Crippen molar-refractivity contribution in [3.05, 3.63) is 12.2 Å². The number of nitrogens with zero attached hydrogens (tertiary/aromatic N) is 5. The quantitative estimate of drug-likeness (QED) is 0.231. The van der Waals surface area contributed by atoms with Crippen LogP contribution in [-0.4, -0.2) is 96.5 Å². The summed E-state index contributed by atoms with van der Waals surface area (Å²) in [5, 5.41) is 21.0. The number of amides is 1. The number of aryl methyl sites for hydroxylation is 1. The molecule has 180 valence electrons. The van der Waals surface area contributed by atoms with E-state index in [0.29, 0.717) is 36.5 Å². The minimum Gasteiger partial charge on any atom is -0.387 e. The average molecular weight is 478 g/mol. The van der Waals surface area contributed by atoms with Gasteiger partial charge in [-0.3, -0.25) is 18.5 Å². The van der Waals surface area contributed by atoms with E-state index in [9.17, 15) is 15.0 Å². The Balaban J connectivity index is 0.000000654. The van der Waals surface area contributed by atoms with Crippen molar-refractivity contribution in [1.82, 2.24) is 24.4 Å². The van der Waals surface area contributed by atoms with Crippen LogP contribution in [0.15, 0.2) is 6.33 Å². The Labute approximate surface area is 183 Å². The lowest BCUT2D eigenvalue weighted by atomic mass is 10.1. The van der Waals surface area contributed by atoms with Crippen molar-refractivity contribution in [2.75, 3.05) is 25.9 Å². The molecule has 0 spiro atoms. The highest BCUT2D eigenvalue weighted by Gasteiger charge is 2.45. The second kappa shape index (κ2) is 10.4. The summed E-state index contributed by atoms with van der Waals surface area (Å²) >= 11 is 0. The first-order chi connectivity index (χ1) is 14.8. The lowest BCUT2D eigenvalue weighted by Crippen LogP contribution is -2.39. The van der Waals surface area contributed by atoms with Gasteiger partial charge in [-0.15, -0.1) is 0 Å². The van der Waals surface area contributed by atoms with E-state index in [1.165, 1.54) is 6.33 Å². The molecular formula is C16H27N7O8S. The number of primary amides is 1. The van der Waals surface area contributed by atoms with Crippen LogP contribution in [0.25, 0.3) is 11.2 Å². The van der Waals surface area contributed by atoms with Gasteiger partial charge in [0.2, 0.25) is 5.91 Å². The molecule has 3 heterocycles. The minimum atomic E-state index is -4.67. The van der Waals surface area contributed by atoms with Gasteiger partial charge in [-0.05, 0) is 7.05 Å². The molecule has 8 N–H and O–H groups in total. The number of nitrogens with two attached hydrogens (primary N) is 2. The molecule has 2 aromatic heterocycles. The molecule has 1 aliphatic heterocycles. The number of carbonyl (C=O) groups excluding carboxylic acids is 1. The molecule has 15 nitrogen and oxygen atoms in total. The van der Waals surface area contributed by atoms with Crippen LogP contribution in [-0.2, 0) is 26.4 Å². The number of nitrogen functional groups attached to an aromatic ring is 1. The fourth-order valence-electron chi connectivity index (χ4n) is 3.28. The molecule has 32 heavy (non-hydrogen) atoms. The maximum absolute atomic E-state index is 10.9. The summed E-state index contributed by atoms with van der Waals surface area (Å²) in [6, 6.07) is 0. The zero-order valence-electron chi connectivity index (χ0n) is 17.4. The Kier molecular flexibility index (Phi) is 8.41. The Bertz CT molecular complexity index is 1040. The maximum atomic E-state index is 10.9. The predicted octanol–water partition coefficient (Wildman–Crippen LogP) is -2.26. The van der Waals surface area contributed by atoms with E-state index in [1.54, 1.807) is 11.6 Å². The number of anilines is 1. The number of aliphatic hydroxyl groups is 2. The highest BCUT2D eigenvalue weighted by molar-refractivity contribution is 7.79. The molecule has 1 fully saturated rings. The maximum Gasteiger partial charge on any atom is 0.394 e. The molecule has 16 heteroatoms. The van der Waals surface area contributed by atoms with Crippen molar-refractivity contribution < 1.29 is 37.3 Å². The summed E-state index contributed by atoms with van der Waals surface area (Å²) in [5.74, 6) is 0.461. The monoisotopic (exact) mass is 477 g/mol. The zero-order valence-corrected chi connectivity index (χ0v) is 18.3. The molecular weight excluding hydrogens is 450 g/mol. The van der Waals surface area contributed by atoms with Gasteiger partial charge in [-0.25, -0.2) is 15.0 Å². The number of hydrogen-bond donors (Lipinski definition) is 6. The first-order valence-corrected chi connectivity index (χ1v) is 10.9. The van der Waals surface area contributed by atoms with Crippen LogP contribution in [0.5, 0.6) is 0 Å². The summed E-state index contributed by atoms with van der Waals surface area (Å²) in [7, 11) is -2.88. The predicted molar refractivity (Wildman–Crippen MR) is 111 cm³/mol. The molecule has 1 amide bonds. The number of rotatable bonds is 7. The van der Waals surface area contributed by atoms with Crippen LogP contribution in [0.3, 0.4) is 0 Å². The fraction of sp³-hybridized carbons (Fsp3) is 0.625. The van der Waals surface area contributed by atoms with Crippen LogP contribution < -0.4 is 11.5 Å². The number of fused-ring (bicyclic) bond motifs is 1. The molecule has 3 rings (SSSR count). The summed E-state index contributed by atoms with van der Waals surface area (Å²) < 4.78 is 39.2. The molecule has 0 aromatic carbocycles. The third-order valence-electron chi connectivity index (χ3n) is 4.72. The Hall–Kier alpha value is -2.47. The molecule has 0 unspecified atom stereocenters. The first kappa shape index (κ1) is 25.8. The SMILES string of the molecule is CCc1nc2c(N)ncnc2n1[C@@H]1O[C@H](CN(C)CCC(N)=O)[C@@H](O)[C@H]1O.O=S(=O)(O)O. The topological polar surface area (TPSA) is 240 Å². The standard InChI is InChI=1S/C16H25N7O4.H2O4S/c1-3-10-21-11-14(18)19-7-20-15(11)23(10)16-13(26)12(25)8(27-16)6-22(2)5-4-9(17)24;1-5(2,3)4/h7-8,12-13,16,25-26H,3-6H2,1-2H3,(H2,17,24)(H2,18,19,20);(H2,1,2,3,4)/t8-,12-,13-,16-;/m1./s1. The highest BCUT2D eigenvalue weighted by Crippen LogP contribution is 2.34. The van der Waals surface area contributed by atoms with Crippen molar-refractivity contribution in [3.63, 3.8) is 0 Å². The van der Waals surface area contributed by atoms with Crippen molar-refractivity contribution in [2.24, 2.45) is 5.73 Å². The van der Waals surface area contributed by atoms with Crippen molar-refractivity contribution in [1.29, 1.82) is 0 Å². The van der Waals surface area contributed by atoms with Crippen LogP contribution in [0.2, 0.25) is 0 Å². The van der Waals surface area contributed by atoms with Gasteiger partial charge in [0.1, 0.15) is 30.5 Å². The largest absolute Gasteiger partial charge is 0.394 e. The van der Waals surface area contributed by atoms with E-state index >= 15 is 0 Å². The Morgan fingerprint density at radius 3 is 2.47 bits per heavy atom. The molecule has 1 aliphatic rings. The van der Waals surface area contributed by atoms with E-state index in [0.717, 1.165) is 0 Å². The van der Waals surface area contributed by atoms with Crippen LogP contribution in [0, 0.1) is 0 Å². The third-order valence-corrected chi connectivity index (χ3v) is 4.72. The van der Waals surface area contributed by atoms with E-state index in [2.05, 4.69) is 15.0 Å². The van der Waals surface area contributed by atoms with Crippen molar-refractivity contribution >= 4 is 33.3 Å². The molecule has 1 saturated heterocycles. The van der Waals surface area contributed by atoms with Gasteiger partial charge in [0.25, 0.3) is 0 Å². The third kappa shape index (κ3) is 6.52. The lowest BCUT2D eigenvalue weighted by Gasteiger charge is -2.22. The summed E-state index contributed by atoms with van der Waals surface area (Å²) in [6.45, 7) is 2.67. The van der Waals surface area contributed by atoms with Crippen molar-refractivity contribution in [3.8, 4) is 0 Å². The van der Waals surface area contributed by atoms with Crippen molar-refractivity contribution in [2.45, 2.75) is 44.3 Å². The van der Waals surface area contributed by atoms with Gasteiger partial charge < -0.3 is 31.3 Å². The van der Waals surface area contributed by atoms with E-state index in [1.807, 2.05) is 11.8 Å². The average Bonchev–Trinajstić information content (AvgIpc) is 3.18. The number of carbonyl (C=O) groups is 1. The molecule has 0 saturated carbocycles. The molecule has 0 aliphatic carbocycles. The number of imidazole rings is 1.